The molecule has 2 aliphatic heterocycles. The summed E-state index contributed by atoms with van der Waals surface area (Å²) in [7, 11) is 0. The molecule has 35 heavy (non-hydrogen) atoms. The van der Waals surface area contributed by atoms with Gasteiger partial charge in [-0.3, -0.25) is 19.4 Å². The Morgan fingerprint density at radius 1 is 0.857 bits per heavy atom. The van der Waals surface area contributed by atoms with Crippen LogP contribution in [0.4, 0.5) is 5.82 Å². The minimum Gasteiger partial charge on any atom is -0.353 e. The zero-order valence-corrected chi connectivity index (χ0v) is 21.3. The van der Waals surface area contributed by atoms with E-state index in [0.29, 0.717) is 30.2 Å². The van der Waals surface area contributed by atoms with Gasteiger partial charge in [-0.25, -0.2) is 0 Å². The molecule has 1 aromatic carbocycles. The molecule has 1 aromatic heterocycles. The Balaban J connectivity index is 0.00000240. The minimum absolute atomic E-state index is 0. The highest BCUT2D eigenvalue weighted by Crippen LogP contribution is 2.56. The molecule has 188 valence electrons. The lowest BCUT2D eigenvalue weighted by molar-refractivity contribution is -0.142. The van der Waals surface area contributed by atoms with Crippen molar-refractivity contribution in [2.75, 3.05) is 44.2 Å². The summed E-state index contributed by atoms with van der Waals surface area (Å²) in [5, 5.41) is 1.27. The van der Waals surface area contributed by atoms with Gasteiger partial charge >= 0.3 is 0 Å². The number of benzene rings is 1. The van der Waals surface area contributed by atoms with Gasteiger partial charge in [0.1, 0.15) is 5.82 Å². The first kappa shape index (κ1) is 22.2. The van der Waals surface area contributed by atoms with Crippen molar-refractivity contribution in [1.82, 2.24) is 14.2 Å². The monoisotopic (exact) mass is 494 g/mol. The molecule has 2 bridgehead atoms. The molecule has 3 heterocycles. The molecule has 0 unspecified atom stereocenters. The van der Waals surface area contributed by atoms with Crippen molar-refractivity contribution in [3.05, 3.63) is 24.3 Å². The highest BCUT2D eigenvalue weighted by Gasteiger charge is 2.61. The number of nitrogens with zero attached hydrogens (tertiary/aromatic N) is 4. The van der Waals surface area contributed by atoms with Gasteiger partial charge in [-0.1, -0.05) is 25.0 Å². The maximum absolute atomic E-state index is 13.3. The predicted octanol–water partition coefficient (Wildman–Crippen LogP) is 4.50. The van der Waals surface area contributed by atoms with Gasteiger partial charge in [-0.05, 0) is 79.4 Å². The maximum Gasteiger partial charge on any atom is 0.233 e. The maximum atomic E-state index is 13.3. The van der Waals surface area contributed by atoms with Crippen LogP contribution in [0.25, 0.3) is 10.1 Å². The highest BCUT2D eigenvalue weighted by molar-refractivity contribution is 7.13. The molecule has 5 fully saturated rings. The van der Waals surface area contributed by atoms with Gasteiger partial charge in [0, 0.05) is 46.1 Å². The Kier molecular flexibility index (Phi) is 5.61. The fourth-order valence-electron chi connectivity index (χ4n) is 8.22. The Labute approximate surface area is 213 Å². The number of carbonyl (C=O) groups is 2. The van der Waals surface area contributed by atoms with Gasteiger partial charge in [-0.2, -0.15) is 4.37 Å². The molecule has 0 radical (unpaired) electrons. The van der Waals surface area contributed by atoms with Gasteiger partial charge < -0.3 is 4.90 Å². The van der Waals surface area contributed by atoms with E-state index in [-0.39, 0.29) is 25.1 Å². The number of imide groups is 1. The largest absolute Gasteiger partial charge is 0.353 e. The lowest BCUT2D eigenvalue weighted by atomic mass is 9.78. The number of rotatable bonds is 5. The molecule has 6 atom stereocenters. The van der Waals surface area contributed by atoms with E-state index in [4.69, 9.17) is 4.37 Å². The lowest BCUT2D eigenvalue weighted by Gasteiger charge is -2.40. The van der Waals surface area contributed by atoms with Crippen molar-refractivity contribution >= 4 is 39.3 Å². The second kappa shape index (κ2) is 8.84. The quantitative estimate of drug-likeness (QED) is 0.573. The number of piperazine rings is 1. The summed E-state index contributed by atoms with van der Waals surface area (Å²) >= 11 is 1.60. The lowest BCUT2D eigenvalue weighted by Crippen LogP contribution is -2.49. The molecular formula is C28H38N4O2S. The standard InChI is InChI=1S/C28H36N4O2S.H2/c33-27-24-18-9-10-19(15-18)25(24)28(34)32(27)17-21-6-2-1-5-20(21)16-30-11-13-31(14-12-30)26-22-7-3-4-8-23(22)35-29-26;/h3-4,7-8,18-21,24-25H,1-2,5-6,9-17H2;1H/t18-,19+,20-,21-,24+,25-;/m0./s1. The second-order valence-corrected chi connectivity index (χ2v) is 12.6. The summed E-state index contributed by atoms with van der Waals surface area (Å²) < 4.78 is 6.02. The summed E-state index contributed by atoms with van der Waals surface area (Å²) in [6.45, 7) is 5.93. The van der Waals surface area contributed by atoms with Crippen molar-refractivity contribution in [2.24, 2.45) is 35.5 Å². The van der Waals surface area contributed by atoms with E-state index in [2.05, 4.69) is 34.1 Å². The fraction of sp³-hybridized carbons (Fsp3) is 0.679. The van der Waals surface area contributed by atoms with E-state index in [1.54, 1.807) is 16.4 Å². The number of fused-ring (bicyclic) bond motifs is 6. The molecule has 3 saturated carbocycles. The number of hydrogen-bond acceptors (Lipinski definition) is 6. The van der Waals surface area contributed by atoms with Crippen molar-refractivity contribution < 1.29 is 11.0 Å². The van der Waals surface area contributed by atoms with E-state index in [9.17, 15) is 9.59 Å². The van der Waals surface area contributed by atoms with Gasteiger partial charge in [0.15, 0.2) is 0 Å². The SMILES string of the molecule is O=C1[C@@H]2[C@H]3CC[C@H](C3)[C@@H]2C(=O)N1C[C@@H]1CCCC[C@H]1CN1CCN(c2nsc3ccccc23)CC1.[HH]. The first-order valence-electron chi connectivity index (χ1n) is 13.8. The van der Waals surface area contributed by atoms with E-state index >= 15 is 0 Å². The van der Waals surface area contributed by atoms with E-state index in [0.717, 1.165) is 64.2 Å². The number of carbonyl (C=O) groups excluding carboxylic acids is 2. The van der Waals surface area contributed by atoms with Crippen LogP contribution in [0.1, 0.15) is 46.4 Å². The molecule has 7 rings (SSSR count). The van der Waals surface area contributed by atoms with Crippen LogP contribution < -0.4 is 4.90 Å². The fourth-order valence-corrected chi connectivity index (χ4v) is 9.02. The van der Waals surface area contributed by atoms with E-state index < -0.39 is 0 Å². The zero-order valence-electron chi connectivity index (χ0n) is 20.5. The predicted molar refractivity (Wildman–Crippen MR) is 140 cm³/mol. The van der Waals surface area contributed by atoms with Gasteiger partial charge in [0.05, 0.1) is 16.5 Å². The molecule has 0 spiro atoms. The van der Waals surface area contributed by atoms with Crippen molar-refractivity contribution in [1.29, 1.82) is 0 Å². The van der Waals surface area contributed by atoms with Crippen LogP contribution in [0.15, 0.2) is 24.3 Å². The minimum atomic E-state index is 0. The average Bonchev–Trinajstić information content (AvgIpc) is 3.66. The Bertz CT molecular complexity index is 1100. The van der Waals surface area contributed by atoms with E-state index in [1.807, 2.05) is 0 Å². The molecule has 6 nitrogen and oxygen atoms in total. The molecule has 2 aromatic rings. The third-order valence-electron chi connectivity index (χ3n) is 10.0. The number of hydrogen-bond donors (Lipinski definition) is 0. The molecule has 5 aliphatic rings. The molecule has 2 saturated heterocycles. The summed E-state index contributed by atoms with van der Waals surface area (Å²) in [4.78, 5) is 33.4. The van der Waals surface area contributed by atoms with Crippen LogP contribution in [-0.2, 0) is 9.59 Å². The Morgan fingerprint density at radius 3 is 2.23 bits per heavy atom. The Morgan fingerprint density at radius 2 is 1.51 bits per heavy atom. The van der Waals surface area contributed by atoms with Crippen LogP contribution in [0.3, 0.4) is 0 Å². The number of anilines is 1. The number of aromatic nitrogens is 1. The van der Waals surface area contributed by atoms with Crippen LogP contribution >= 0.6 is 11.5 Å². The van der Waals surface area contributed by atoms with Gasteiger partial charge in [0.25, 0.3) is 0 Å². The zero-order chi connectivity index (χ0) is 23.5. The van der Waals surface area contributed by atoms with Crippen molar-refractivity contribution in [3.63, 3.8) is 0 Å². The number of amides is 2. The van der Waals surface area contributed by atoms with Gasteiger partial charge in [-0.15, -0.1) is 0 Å². The third kappa shape index (κ3) is 3.72. The summed E-state index contributed by atoms with van der Waals surface area (Å²) in [5.74, 6) is 3.59. The normalized spacial score (nSPS) is 35.4. The van der Waals surface area contributed by atoms with Crippen LogP contribution in [0.2, 0.25) is 0 Å². The molecule has 0 N–H and O–H groups in total. The molecular weight excluding hydrogens is 456 g/mol. The summed E-state index contributed by atoms with van der Waals surface area (Å²) in [5.41, 5.74) is 0. The van der Waals surface area contributed by atoms with Crippen LogP contribution in [0, 0.1) is 35.5 Å². The highest BCUT2D eigenvalue weighted by atomic mass is 32.1. The topological polar surface area (TPSA) is 56.8 Å². The average molecular weight is 495 g/mol. The second-order valence-electron chi connectivity index (χ2n) is 11.8. The summed E-state index contributed by atoms with van der Waals surface area (Å²) in [6, 6.07) is 8.54. The number of likely N-dealkylation sites (tertiary alicyclic amines) is 1. The van der Waals surface area contributed by atoms with E-state index in [1.165, 1.54) is 29.3 Å². The smallest absolute Gasteiger partial charge is 0.233 e. The van der Waals surface area contributed by atoms with Crippen LogP contribution in [0.5, 0.6) is 0 Å². The summed E-state index contributed by atoms with van der Waals surface area (Å²) in [6.07, 6.45) is 8.35. The Hall–Kier alpha value is -1.99. The third-order valence-corrected chi connectivity index (χ3v) is 10.8. The van der Waals surface area contributed by atoms with Crippen molar-refractivity contribution in [2.45, 2.75) is 44.9 Å². The van der Waals surface area contributed by atoms with Crippen molar-refractivity contribution in [3.8, 4) is 0 Å². The first-order chi connectivity index (χ1) is 17.2. The first-order valence-corrected chi connectivity index (χ1v) is 14.6. The van der Waals surface area contributed by atoms with Crippen LogP contribution in [-0.4, -0.2) is 65.3 Å². The molecule has 3 aliphatic carbocycles. The molecule has 7 heteroatoms. The molecule has 2 amide bonds. The van der Waals surface area contributed by atoms with Gasteiger partial charge in [0.2, 0.25) is 11.8 Å².